The molecule has 1 fully saturated rings. The standard InChI is InChI=1S/C23H24N6O/c24-12-18-19(25-8-9-30)11-17(22-23(18)27-13-26-22)15-6-7-21-20(10-15)28-14-29(21)16-4-2-1-3-5-16/h6-7,10-11,13-14,16,25,30H,1-5,8-9H2,(H,26,27). The zero-order valence-electron chi connectivity index (χ0n) is 16.7. The molecule has 1 aliphatic rings. The number of imidazole rings is 2. The Bertz CT molecular complexity index is 1240. The Balaban J connectivity index is 1.61. The van der Waals surface area contributed by atoms with Crippen molar-refractivity contribution >= 4 is 27.8 Å². The number of hydrogen-bond donors (Lipinski definition) is 3. The molecule has 152 valence electrons. The number of benzene rings is 2. The van der Waals surface area contributed by atoms with Crippen LogP contribution in [0.4, 0.5) is 5.69 Å². The van der Waals surface area contributed by atoms with Gasteiger partial charge in [-0.15, -0.1) is 0 Å². The molecule has 2 aromatic heterocycles. The molecule has 7 nitrogen and oxygen atoms in total. The highest BCUT2D eigenvalue weighted by Crippen LogP contribution is 2.36. The van der Waals surface area contributed by atoms with E-state index in [1.54, 1.807) is 6.33 Å². The second-order valence-electron chi connectivity index (χ2n) is 7.88. The van der Waals surface area contributed by atoms with E-state index in [4.69, 9.17) is 0 Å². The fourth-order valence-electron chi connectivity index (χ4n) is 4.62. The smallest absolute Gasteiger partial charge is 0.104 e. The van der Waals surface area contributed by atoms with Gasteiger partial charge in [-0.3, -0.25) is 0 Å². The van der Waals surface area contributed by atoms with Gasteiger partial charge in [0.1, 0.15) is 11.6 Å². The Morgan fingerprint density at radius 3 is 2.87 bits per heavy atom. The van der Waals surface area contributed by atoms with Crippen LogP contribution in [-0.2, 0) is 0 Å². The highest BCUT2D eigenvalue weighted by molar-refractivity contribution is 6.00. The predicted octanol–water partition coefficient (Wildman–Crippen LogP) is 4.36. The van der Waals surface area contributed by atoms with Gasteiger partial charge in [0, 0.05) is 18.2 Å². The van der Waals surface area contributed by atoms with Gasteiger partial charge in [-0.2, -0.15) is 5.26 Å². The van der Waals surface area contributed by atoms with Crippen LogP contribution in [0.1, 0.15) is 43.7 Å². The van der Waals surface area contributed by atoms with Gasteiger partial charge in [0.25, 0.3) is 0 Å². The lowest BCUT2D eigenvalue weighted by Gasteiger charge is -2.23. The van der Waals surface area contributed by atoms with Gasteiger partial charge in [0.05, 0.1) is 47.0 Å². The van der Waals surface area contributed by atoms with Crippen LogP contribution in [0.15, 0.2) is 36.9 Å². The van der Waals surface area contributed by atoms with Crippen LogP contribution >= 0.6 is 0 Å². The number of nitriles is 1. The van der Waals surface area contributed by atoms with E-state index in [1.807, 2.05) is 12.4 Å². The number of nitrogens with one attached hydrogen (secondary N) is 2. The van der Waals surface area contributed by atoms with Gasteiger partial charge in [-0.05, 0) is 36.6 Å². The molecule has 0 atom stereocenters. The molecule has 1 saturated carbocycles. The van der Waals surface area contributed by atoms with E-state index in [1.165, 1.54) is 32.1 Å². The Morgan fingerprint density at radius 1 is 1.20 bits per heavy atom. The van der Waals surface area contributed by atoms with Crippen LogP contribution < -0.4 is 5.32 Å². The van der Waals surface area contributed by atoms with E-state index in [-0.39, 0.29) is 6.61 Å². The second kappa shape index (κ2) is 7.81. The minimum Gasteiger partial charge on any atom is -0.395 e. The lowest BCUT2D eigenvalue weighted by atomic mass is 9.95. The number of aromatic nitrogens is 4. The van der Waals surface area contributed by atoms with Crippen molar-refractivity contribution in [2.24, 2.45) is 0 Å². The van der Waals surface area contributed by atoms with E-state index in [0.29, 0.717) is 29.4 Å². The van der Waals surface area contributed by atoms with Crippen LogP contribution in [0.3, 0.4) is 0 Å². The third-order valence-corrected chi connectivity index (χ3v) is 6.10. The highest BCUT2D eigenvalue weighted by atomic mass is 16.3. The normalized spacial score (nSPS) is 14.9. The minimum absolute atomic E-state index is 0.00816. The quantitative estimate of drug-likeness (QED) is 0.462. The Kier molecular flexibility index (Phi) is 4.85. The molecular weight excluding hydrogens is 376 g/mol. The van der Waals surface area contributed by atoms with Crippen LogP contribution in [0.25, 0.3) is 33.2 Å². The van der Waals surface area contributed by atoms with Gasteiger partial charge in [-0.1, -0.05) is 25.3 Å². The van der Waals surface area contributed by atoms with Crippen LogP contribution in [0, 0.1) is 11.3 Å². The number of rotatable bonds is 5. The van der Waals surface area contributed by atoms with E-state index < -0.39 is 0 Å². The molecule has 1 aliphatic carbocycles. The predicted molar refractivity (Wildman–Crippen MR) is 117 cm³/mol. The number of aliphatic hydroxyl groups is 1. The first-order valence-electron chi connectivity index (χ1n) is 10.5. The summed E-state index contributed by atoms with van der Waals surface area (Å²) in [6, 6.07) is 11.1. The molecule has 0 bridgehead atoms. The van der Waals surface area contributed by atoms with Crippen molar-refractivity contribution < 1.29 is 5.11 Å². The number of fused-ring (bicyclic) bond motifs is 2. The molecule has 0 aliphatic heterocycles. The topological polar surface area (TPSA) is 103 Å². The number of H-pyrrole nitrogens is 1. The average Bonchev–Trinajstić information content (AvgIpc) is 3.44. The maximum atomic E-state index is 9.65. The average molecular weight is 400 g/mol. The zero-order chi connectivity index (χ0) is 20.5. The van der Waals surface area contributed by atoms with Gasteiger partial charge in [-0.25, -0.2) is 9.97 Å². The number of nitrogens with zero attached hydrogens (tertiary/aromatic N) is 4. The largest absolute Gasteiger partial charge is 0.395 e. The number of aliphatic hydroxyl groups excluding tert-OH is 1. The van der Waals surface area contributed by atoms with Crippen LogP contribution in [0.5, 0.6) is 0 Å². The molecule has 0 radical (unpaired) electrons. The SMILES string of the molecule is N#Cc1c(NCCO)cc(-c2ccc3c(c2)ncn3C2CCCCC2)c2nc[nH]c12. The van der Waals surface area contributed by atoms with Crippen LogP contribution in [0.2, 0.25) is 0 Å². The zero-order valence-corrected chi connectivity index (χ0v) is 16.7. The third-order valence-electron chi connectivity index (χ3n) is 6.10. The summed E-state index contributed by atoms with van der Waals surface area (Å²) in [6.07, 6.45) is 9.93. The molecule has 0 saturated heterocycles. The first-order chi connectivity index (χ1) is 14.8. The summed E-state index contributed by atoms with van der Waals surface area (Å²) >= 11 is 0. The highest BCUT2D eigenvalue weighted by Gasteiger charge is 2.19. The molecule has 4 aromatic rings. The summed E-state index contributed by atoms with van der Waals surface area (Å²) in [5, 5.41) is 22.0. The summed E-state index contributed by atoms with van der Waals surface area (Å²) in [7, 11) is 0. The third kappa shape index (κ3) is 3.10. The summed E-state index contributed by atoms with van der Waals surface area (Å²) in [4.78, 5) is 12.3. The number of hydrogen-bond acceptors (Lipinski definition) is 5. The van der Waals surface area contributed by atoms with Crippen molar-refractivity contribution in [1.82, 2.24) is 19.5 Å². The monoisotopic (exact) mass is 400 g/mol. The van der Waals surface area contributed by atoms with Gasteiger partial charge >= 0.3 is 0 Å². The maximum absolute atomic E-state index is 9.65. The van der Waals surface area contributed by atoms with Crippen molar-refractivity contribution in [2.45, 2.75) is 38.1 Å². The fraction of sp³-hybridized carbons (Fsp3) is 0.348. The fourth-order valence-corrected chi connectivity index (χ4v) is 4.62. The van der Waals surface area contributed by atoms with Crippen molar-refractivity contribution in [2.75, 3.05) is 18.5 Å². The molecule has 2 heterocycles. The van der Waals surface area contributed by atoms with Crippen molar-refractivity contribution in [3.63, 3.8) is 0 Å². The van der Waals surface area contributed by atoms with E-state index in [9.17, 15) is 10.4 Å². The van der Waals surface area contributed by atoms with E-state index in [2.05, 4.69) is 49.1 Å². The molecule has 0 spiro atoms. The van der Waals surface area contributed by atoms with Gasteiger partial charge in [0.15, 0.2) is 0 Å². The number of anilines is 1. The first kappa shape index (κ1) is 18.6. The van der Waals surface area contributed by atoms with Crippen molar-refractivity contribution in [1.29, 1.82) is 5.26 Å². The molecule has 2 aromatic carbocycles. The lowest BCUT2D eigenvalue weighted by molar-refractivity contribution is 0.311. The molecule has 0 unspecified atom stereocenters. The van der Waals surface area contributed by atoms with E-state index >= 15 is 0 Å². The molecule has 3 N–H and O–H groups in total. The second-order valence-corrected chi connectivity index (χ2v) is 7.88. The summed E-state index contributed by atoms with van der Waals surface area (Å²) in [5.74, 6) is 0. The van der Waals surface area contributed by atoms with Crippen molar-refractivity contribution in [3.8, 4) is 17.2 Å². The van der Waals surface area contributed by atoms with Gasteiger partial charge < -0.3 is 20.0 Å². The molecule has 7 heteroatoms. The summed E-state index contributed by atoms with van der Waals surface area (Å²) in [5.41, 5.74) is 6.71. The Labute approximate surface area is 174 Å². The Morgan fingerprint density at radius 2 is 2.07 bits per heavy atom. The summed E-state index contributed by atoms with van der Waals surface area (Å²) < 4.78 is 2.33. The van der Waals surface area contributed by atoms with Crippen molar-refractivity contribution in [3.05, 3.63) is 42.5 Å². The maximum Gasteiger partial charge on any atom is 0.104 e. The first-order valence-corrected chi connectivity index (χ1v) is 10.5. The van der Waals surface area contributed by atoms with Crippen LogP contribution in [-0.4, -0.2) is 37.8 Å². The minimum atomic E-state index is -0.00816. The van der Waals surface area contributed by atoms with Gasteiger partial charge in [0.2, 0.25) is 0 Å². The summed E-state index contributed by atoms with van der Waals surface area (Å²) in [6.45, 7) is 0.365. The molecular formula is C23H24N6O. The molecule has 5 rings (SSSR count). The lowest BCUT2D eigenvalue weighted by Crippen LogP contribution is -2.11. The molecule has 30 heavy (non-hydrogen) atoms. The Hall–Kier alpha value is -3.37. The van der Waals surface area contributed by atoms with E-state index in [0.717, 1.165) is 27.7 Å². The number of aromatic amines is 1. The molecule has 0 amide bonds.